The van der Waals surface area contributed by atoms with Gasteiger partial charge in [-0.05, 0) is 123 Å². The van der Waals surface area contributed by atoms with Gasteiger partial charge in [-0.3, -0.25) is 9.59 Å². The summed E-state index contributed by atoms with van der Waals surface area (Å²) in [5, 5.41) is 6.91. The largest absolute Gasteiger partial charge is 0.461 e. The molecule has 4 N–H and O–H groups in total. The van der Waals surface area contributed by atoms with Crippen LogP contribution in [-0.4, -0.2) is 109 Å². The third-order valence-corrected chi connectivity index (χ3v) is 17.7. The van der Waals surface area contributed by atoms with Crippen LogP contribution in [0.1, 0.15) is 61.3 Å². The molecule has 0 atom stereocenters. The number of hydrogen-bond donors (Lipinski definition) is 4. The SMILES string of the molecule is CN1C=CN/C1=C1\C2=NC(=C3C/C=C\COC(=O)CCC4=C5C=CC(=N5)C(C#C[Si](C)(C)C)=C5C=CC(=N5)C(=C5C=CC(=N5)/C(=C5\NC=CN5C)c5ccc4[nH]5)CCC(=O)OCC=CCC(=C4C=CC(=N4)C(C#C[Si](C)(C)C)=C4C=CC3=N4)c3ccc1[nH]3)C=C2. The van der Waals surface area contributed by atoms with Gasteiger partial charge in [0.25, 0.3) is 0 Å². The Bertz CT molecular complexity index is 4500. The molecule has 0 spiro atoms. The lowest BCUT2D eigenvalue weighted by molar-refractivity contribution is -0.143. The summed E-state index contributed by atoms with van der Waals surface area (Å²) in [6.45, 7) is 13.4. The number of aliphatic imine (C=N–C) groups is 6. The molecule has 2 aromatic heterocycles. The number of aromatic nitrogens is 2. The molecule has 0 radical (unpaired) electrons. The molecule has 0 saturated heterocycles. The number of nitrogens with zero attached hydrogens (tertiary/aromatic N) is 8. The number of esters is 2. The fourth-order valence-electron chi connectivity index (χ4n) is 11.4. The zero-order valence-corrected chi connectivity index (χ0v) is 53.7. The van der Waals surface area contributed by atoms with Crippen LogP contribution in [0.4, 0.5) is 0 Å². The highest BCUT2D eigenvalue weighted by Crippen LogP contribution is 2.38. The van der Waals surface area contributed by atoms with E-state index in [0.29, 0.717) is 76.9 Å². The number of nitrogens with one attached hydrogen (secondary N) is 4. The molecule has 14 heterocycles. The van der Waals surface area contributed by atoms with Crippen molar-refractivity contribution in [1.82, 2.24) is 30.4 Å². The van der Waals surface area contributed by atoms with Crippen molar-refractivity contribution < 1.29 is 19.1 Å². The zero-order valence-electron chi connectivity index (χ0n) is 51.7. The van der Waals surface area contributed by atoms with Crippen LogP contribution >= 0.6 is 0 Å². The van der Waals surface area contributed by atoms with Gasteiger partial charge in [-0.2, -0.15) is 0 Å². The minimum atomic E-state index is -1.91. The average Bonchev–Trinajstić information content (AvgIpc) is 1.72. The predicted octanol–water partition coefficient (Wildman–Crippen LogP) is 12.2. The van der Waals surface area contributed by atoms with E-state index < -0.39 is 16.1 Å². The summed E-state index contributed by atoms with van der Waals surface area (Å²) in [5.41, 5.74) is 25.5. The number of rotatable bonds is 0. The Kier molecular flexibility index (Phi) is 15.8. The summed E-state index contributed by atoms with van der Waals surface area (Å²) < 4.78 is 12.0. The summed E-state index contributed by atoms with van der Waals surface area (Å²) in [4.78, 5) is 71.6. The molecule has 0 fully saturated rings. The smallest absolute Gasteiger partial charge is 0.306 e. The fraction of sp³-hybridized carbons (Fsp3) is 0.222. The van der Waals surface area contributed by atoms with Crippen molar-refractivity contribution in [3.8, 4) is 22.9 Å². The van der Waals surface area contributed by atoms with Crippen LogP contribution in [0, 0.1) is 22.9 Å². The third kappa shape index (κ3) is 12.4. The molecular weight excluding hydrogens is 1150 g/mol. The van der Waals surface area contributed by atoms with Gasteiger partial charge in [0.15, 0.2) is 0 Å². The van der Waals surface area contributed by atoms with Crippen LogP contribution in [0.25, 0.3) is 22.3 Å². The van der Waals surface area contributed by atoms with Gasteiger partial charge >= 0.3 is 11.9 Å². The van der Waals surface area contributed by atoms with E-state index in [4.69, 9.17) is 39.4 Å². The van der Waals surface area contributed by atoms with Crippen molar-refractivity contribution >= 4 is 84.6 Å². The minimum Gasteiger partial charge on any atom is -0.461 e. The standard InChI is InChI=1S/C72H68N12O4Si2/c1-83-39-37-73-71(83)69-63-29-25-53(79-63)45-13-9-11-41-87-67(85)33-15-47-55-19-23-61(77-55)50(36-44-90(6,7)8)62-24-20-56(78-62)48(58-28-32-66(82-58)70(65-31-27-57(47)81-65)72-74-38-40-84(72)2)16-34-68(86)88-42-12-10-14-46(54-26-30-64(69)80-54)52-18-22-60(76-52)49(35-43-89(3,4)5)59-21-17-51(45)75-59/h9-12,17-32,37-40,73-74,79,82H,13-16,33-34,41-42H2,1-8H3/b11-9?,12-10-,51-45?,54-46?,56-48?,57-47?,60-49?,61-50?,71-69+,72-70-. The molecule has 0 aliphatic carbocycles. The van der Waals surface area contributed by atoms with Gasteiger partial charge in [-0.1, -0.05) is 75.4 Å². The molecule has 90 heavy (non-hydrogen) atoms. The first-order valence-electron chi connectivity index (χ1n) is 30.4. The number of H-pyrrole nitrogens is 2. The van der Waals surface area contributed by atoms with Gasteiger partial charge in [-0.15, -0.1) is 11.1 Å². The highest BCUT2D eigenvalue weighted by Gasteiger charge is 2.30. The Morgan fingerprint density at radius 1 is 0.422 bits per heavy atom. The second-order valence-electron chi connectivity index (χ2n) is 24.8. The molecule has 16 nitrogen and oxygen atoms in total. The summed E-state index contributed by atoms with van der Waals surface area (Å²) in [5.74, 6) is 8.02. The molecule has 18 heteroatoms. The van der Waals surface area contributed by atoms with Gasteiger partial charge in [0.1, 0.15) is 41.0 Å². The lowest BCUT2D eigenvalue weighted by Crippen LogP contribution is -2.19. The van der Waals surface area contributed by atoms with Gasteiger partial charge in [0, 0.05) is 85.4 Å². The second kappa shape index (κ2) is 24.3. The second-order valence-corrected chi connectivity index (χ2v) is 34.3. The number of aromatic amines is 2. The number of hydrogen-bond acceptors (Lipinski definition) is 14. The Balaban J connectivity index is 0.934. The first kappa shape index (κ1) is 58.6. The Morgan fingerprint density at radius 3 is 1.29 bits per heavy atom. The minimum absolute atomic E-state index is 0.0543. The fourth-order valence-corrected chi connectivity index (χ4v) is 12.4. The topological polar surface area (TPSA) is 189 Å². The highest BCUT2D eigenvalue weighted by atomic mass is 28.3. The average molecular weight is 1220 g/mol. The van der Waals surface area contributed by atoms with E-state index in [9.17, 15) is 9.59 Å². The van der Waals surface area contributed by atoms with E-state index in [1.54, 1.807) is 0 Å². The van der Waals surface area contributed by atoms with E-state index in [1.807, 2.05) is 158 Å². The molecule has 0 amide bonds. The molecule has 12 aliphatic heterocycles. The van der Waals surface area contributed by atoms with Crippen molar-refractivity contribution in [2.45, 2.75) is 77.8 Å². The summed E-state index contributed by atoms with van der Waals surface area (Å²) in [6.07, 6.45) is 41.3. The molecule has 0 saturated carbocycles. The van der Waals surface area contributed by atoms with E-state index >= 15 is 0 Å². The van der Waals surface area contributed by atoms with E-state index in [2.05, 4.69) is 94.9 Å². The van der Waals surface area contributed by atoms with Crippen LogP contribution in [0.15, 0.2) is 244 Å². The maximum absolute atomic E-state index is 14.0. The van der Waals surface area contributed by atoms with Crippen molar-refractivity contribution in [2.24, 2.45) is 30.0 Å². The summed E-state index contributed by atoms with van der Waals surface area (Å²) in [6, 6.07) is 8.22. The van der Waals surface area contributed by atoms with E-state index in [-0.39, 0.29) is 38.0 Å². The molecular formula is C72H68N12O4Si2. The molecule has 2 aromatic rings. The number of carbonyl (C=O) groups excluding carboxylic acids is 2. The van der Waals surface area contributed by atoms with Gasteiger partial charge in [-0.25, -0.2) is 30.0 Å². The summed E-state index contributed by atoms with van der Waals surface area (Å²) in [7, 11) is 0.200. The van der Waals surface area contributed by atoms with Crippen LogP contribution in [0.3, 0.4) is 0 Å². The predicted molar refractivity (Wildman–Crippen MR) is 367 cm³/mol. The number of ether oxygens (including phenoxy) is 2. The highest BCUT2D eigenvalue weighted by molar-refractivity contribution is 6.84. The van der Waals surface area contributed by atoms with E-state index in [1.165, 1.54) is 0 Å². The first-order valence-corrected chi connectivity index (χ1v) is 37.4. The van der Waals surface area contributed by atoms with Crippen molar-refractivity contribution in [1.29, 1.82) is 0 Å². The molecule has 0 unspecified atom stereocenters. The maximum atomic E-state index is 14.0. The maximum Gasteiger partial charge on any atom is 0.306 e. The monoisotopic (exact) mass is 1220 g/mol. The van der Waals surface area contributed by atoms with Crippen LogP contribution in [0.2, 0.25) is 39.3 Å². The Hall–Kier alpha value is -10.4. The Labute approximate surface area is 526 Å². The third-order valence-electron chi connectivity index (χ3n) is 15.9. The normalized spacial score (nSPS) is 22.7. The number of carbonyl (C=O) groups is 2. The molecule has 20 bridgehead atoms. The molecule has 448 valence electrons. The molecule has 0 aromatic carbocycles. The first-order chi connectivity index (χ1) is 43.5. The number of fused-ring (bicyclic) bond motifs is 15. The van der Waals surface area contributed by atoms with Crippen LogP contribution in [0.5, 0.6) is 0 Å². The van der Waals surface area contributed by atoms with Crippen molar-refractivity contribution in [2.75, 3.05) is 27.3 Å². The van der Waals surface area contributed by atoms with Gasteiger partial charge < -0.3 is 39.9 Å². The quantitative estimate of drug-likeness (QED) is 0.0867. The van der Waals surface area contributed by atoms with Crippen molar-refractivity contribution in [3.05, 3.63) is 237 Å². The van der Waals surface area contributed by atoms with Crippen molar-refractivity contribution in [3.63, 3.8) is 0 Å². The number of allylic oxidation sites excluding steroid dienone is 22. The lowest BCUT2D eigenvalue weighted by atomic mass is 10.0. The van der Waals surface area contributed by atoms with E-state index in [0.717, 1.165) is 96.2 Å². The summed E-state index contributed by atoms with van der Waals surface area (Å²) >= 11 is 0. The Morgan fingerprint density at radius 2 is 0.800 bits per heavy atom. The van der Waals surface area contributed by atoms with Gasteiger partial charge in [0.2, 0.25) is 0 Å². The molecule has 12 aliphatic rings. The van der Waals surface area contributed by atoms with Crippen LogP contribution in [-0.2, 0) is 19.1 Å². The zero-order chi connectivity index (χ0) is 62.3. The lowest BCUT2D eigenvalue weighted by Gasteiger charge is -2.17. The molecule has 14 rings (SSSR count). The van der Waals surface area contributed by atoms with Crippen LogP contribution < -0.4 is 10.6 Å². The van der Waals surface area contributed by atoms with Gasteiger partial charge in [0.05, 0.1) is 102 Å².